The lowest BCUT2D eigenvalue weighted by Crippen LogP contribution is -2.33. The van der Waals surface area contributed by atoms with Gasteiger partial charge in [-0.05, 0) is 30.4 Å². The average molecular weight is 394 g/mol. The van der Waals surface area contributed by atoms with Gasteiger partial charge in [0.05, 0.1) is 13.0 Å². The van der Waals surface area contributed by atoms with Crippen molar-refractivity contribution >= 4 is 5.97 Å². The minimum Gasteiger partial charge on any atom is -0.469 e. The van der Waals surface area contributed by atoms with Crippen molar-refractivity contribution in [2.45, 2.75) is 57.5 Å². The number of methoxy groups -OCH3 is 1. The van der Waals surface area contributed by atoms with Gasteiger partial charge in [-0.3, -0.25) is 4.79 Å². The molecule has 0 unspecified atom stereocenters. The van der Waals surface area contributed by atoms with Gasteiger partial charge in [0.25, 0.3) is 0 Å². The second-order valence-electron chi connectivity index (χ2n) is 7.52. The van der Waals surface area contributed by atoms with Crippen LogP contribution in [0.25, 0.3) is 0 Å². The summed E-state index contributed by atoms with van der Waals surface area (Å²) in [4.78, 5) is 12.7. The third-order valence-electron chi connectivity index (χ3n) is 5.36. The number of nitrogens with one attached hydrogen (secondary N) is 1. The molecule has 0 aliphatic heterocycles. The standard InChI is InChI=1S/C26H35NO2/c1-3-4-5-6-7-8-15-20-24(26(28)29-2)25(23-18-13-10-14-19-23)27-21-22-16-11-9-12-17-22/h3,9-14,16-19,24-25,27H,1,4-8,15,20-21H2,2H3/t24-,25-/m1/s1. The van der Waals surface area contributed by atoms with Crippen LogP contribution >= 0.6 is 0 Å². The van der Waals surface area contributed by atoms with Gasteiger partial charge in [0, 0.05) is 12.6 Å². The molecule has 3 nitrogen and oxygen atoms in total. The molecule has 0 spiro atoms. The number of rotatable bonds is 14. The first-order valence-corrected chi connectivity index (χ1v) is 10.8. The van der Waals surface area contributed by atoms with Crippen LogP contribution in [0.2, 0.25) is 0 Å². The third-order valence-corrected chi connectivity index (χ3v) is 5.36. The summed E-state index contributed by atoms with van der Waals surface area (Å²) in [5, 5.41) is 3.62. The lowest BCUT2D eigenvalue weighted by molar-refractivity contribution is -0.147. The maximum atomic E-state index is 12.7. The van der Waals surface area contributed by atoms with Crippen molar-refractivity contribution in [3.8, 4) is 0 Å². The minimum atomic E-state index is -0.195. The van der Waals surface area contributed by atoms with E-state index in [4.69, 9.17) is 4.74 Å². The molecule has 2 aromatic carbocycles. The van der Waals surface area contributed by atoms with E-state index in [1.165, 1.54) is 31.9 Å². The first-order chi connectivity index (χ1) is 14.3. The summed E-state index contributed by atoms with van der Waals surface area (Å²) in [6.45, 7) is 4.49. The highest BCUT2D eigenvalue weighted by Crippen LogP contribution is 2.28. The Morgan fingerprint density at radius 3 is 2.24 bits per heavy atom. The van der Waals surface area contributed by atoms with E-state index in [0.29, 0.717) is 0 Å². The molecular formula is C26H35NO2. The summed E-state index contributed by atoms with van der Waals surface area (Å²) < 4.78 is 5.19. The molecule has 0 bridgehead atoms. The number of carbonyl (C=O) groups is 1. The Morgan fingerprint density at radius 2 is 1.59 bits per heavy atom. The highest BCUT2D eigenvalue weighted by molar-refractivity contribution is 5.73. The molecular weight excluding hydrogens is 358 g/mol. The second-order valence-corrected chi connectivity index (χ2v) is 7.52. The maximum Gasteiger partial charge on any atom is 0.310 e. The van der Waals surface area contributed by atoms with Gasteiger partial charge < -0.3 is 10.1 Å². The lowest BCUT2D eigenvalue weighted by atomic mass is 9.88. The Bertz CT molecular complexity index is 699. The van der Waals surface area contributed by atoms with E-state index in [9.17, 15) is 4.79 Å². The molecule has 29 heavy (non-hydrogen) atoms. The molecule has 2 aromatic rings. The Kier molecular flexibility index (Phi) is 10.8. The molecule has 2 rings (SSSR count). The predicted octanol–water partition coefficient (Wildman–Crippen LogP) is 6.22. The van der Waals surface area contributed by atoms with Crippen LogP contribution in [-0.2, 0) is 16.1 Å². The summed E-state index contributed by atoms with van der Waals surface area (Å²) in [5.41, 5.74) is 2.34. The molecule has 156 valence electrons. The van der Waals surface area contributed by atoms with E-state index in [-0.39, 0.29) is 17.9 Å². The van der Waals surface area contributed by atoms with Crippen molar-refractivity contribution in [2.24, 2.45) is 5.92 Å². The van der Waals surface area contributed by atoms with E-state index < -0.39 is 0 Å². The highest BCUT2D eigenvalue weighted by atomic mass is 16.5. The fraction of sp³-hybridized carbons (Fsp3) is 0.423. The third kappa shape index (κ3) is 8.25. The van der Waals surface area contributed by atoms with Gasteiger partial charge in [0.1, 0.15) is 0 Å². The Morgan fingerprint density at radius 1 is 0.966 bits per heavy atom. The molecule has 0 aliphatic rings. The number of unbranched alkanes of at least 4 members (excludes halogenated alkanes) is 5. The molecule has 0 aliphatic carbocycles. The topological polar surface area (TPSA) is 38.3 Å². The zero-order valence-corrected chi connectivity index (χ0v) is 17.7. The van der Waals surface area contributed by atoms with Crippen LogP contribution < -0.4 is 5.32 Å². The monoisotopic (exact) mass is 393 g/mol. The summed E-state index contributed by atoms with van der Waals surface area (Å²) >= 11 is 0. The Hall–Kier alpha value is -2.39. The van der Waals surface area contributed by atoms with E-state index in [0.717, 1.165) is 37.8 Å². The molecule has 0 amide bonds. The number of benzene rings is 2. The van der Waals surface area contributed by atoms with E-state index >= 15 is 0 Å². The van der Waals surface area contributed by atoms with Gasteiger partial charge in [-0.25, -0.2) is 0 Å². The first kappa shape index (κ1) is 22.9. The van der Waals surface area contributed by atoms with Crippen LogP contribution in [0.4, 0.5) is 0 Å². The van der Waals surface area contributed by atoms with Crippen molar-refractivity contribution in [1.29, 1.82) is 0 Å². The predicted molar refractivity (Wildman–Crippen MR) is 120 cm³/mol. The number of allylic oxidation sites excluding steroid dienone is 1. The van der Waals surface area contributed by atoms with Crippen LogP contribution in [0, 0.1) is 5.92 Å². The van der Waals surface area contributed by atoms with Gasteiger partial charge in [-0.1, -0.05) is 92.4 Å². The van der Waals surface area contributed by atoms with E-state index in [1.807, 2.05) is 42.5 Å². The SMILES string of the molecule is C=CCCCCCCC[C@@H](C(=O)OC)[C@H](NCc1ccccc1)c1ccccc1. The molecule has 0 heterocycles. The first-order valence-electron chi connectivity index (χ1n) is 10.8. The van der Waals surface area contributed by atoms with Crippen LogP contribution in [0.15, 0.2) is 73.3 Å². The molecule has 0 saturated heterocycles. The molecule has 0 fully saturated rings. The number of hydrogen-bond acceptors (Lipinski definition) is 3. The van der Waals surface area contributed by atoms with Gasteiger partial charge in [0.2, 0.25) is 0 Å². The number of hydrogen-bond donors (Lipinski definition) is 1. The van der Waals surface area contributed by atoms with E-state index in [1.54, 1.807) is 0 Å². The minimum absolute atomic E-state index is 0.0652. The van der Waals surface area contributed by atoms with Crippen LogP contribution in [0.1, 0.15) is 62.1 Å². The van der Waals surface area contributed by atoms with Crippen LogP contribution in [-0.4, -0.2) is 13.1 Å². The smallest absolute Gasteiger partial charge is 0.310 e. The zero-order chi connectivity index (χ0) is 20.7. The number of esters is 1. The lowest BCUT2D eigenvalue weighted by Gasteiger charge is -2.27. The zero-order valence-electron chi connectivity index (χ0n) is 17.7. The number of carbonyl (C=O) groups excluding carboxylic acids is 1. The van der Waals surface area contributed by atoms with Crippen molar-refractivity contribution < 1.29 is 9.53 Å². The molecule has 0 aromatic heterocycles. The highest BCUT2D eigenvalue weighted by Gasteiger charge is 2.29. The van der Waals surface area contributed by atoms with Crippen molar-refractivity contribution in [3.05, 3.63) is 84.4 Å². The molecule has 0 radical (unpaired) electrons. The summed E-state index contributed by atoms with van der Waals surface area (Å²) in [7, 11) is 1.49. The maximum absolute atomic E-state index is 12.7. The molecule has 2 atom stereocenters. The van der Waals surface area contributed by atoms with Gasteiger partial charge in [-0.15, -0.1) is 6.58 Å². The summed E-state index contributed by atoms with van der Waals surface area (Å²) in [6, 6.07) is 20.5. The van der Waals surface area contributed by atoms with Crippen molar-refractivity contribution in [3.63, 3.8) is 0 Å². The Balaban J connectivity index is 2.03. The number of ether oxygens (including phenoxy) is 1. The quantitative estimate of drug-likeness (QED) is 0.235. The Labute approximate surface area is 176 Å². The molecule has 1 N–H and O–H groups in total. The fourth-order valence-corrected chi connectivity index (χ4v) is 3.73. The van der Waals surface area contributed by atoms with Crippen molar-refractivity contribution in [2.75, 3.05) is 7.11 Å². The molecule has 0 saturated carbocycles. The molecule has 3 heteroatoms. The van der Waals surface area contributed by atoms with Crippen molar-refractivity contribution in [1.82, 2.24) is 5.32 Å². The fourth-order valence-electron chi connectivity index (χ4n) is 3.73. The second kappa shape index (κ2) is 13.7. The average Bonchev–Trinajstić information content (AvgIpc) is 2.78. The van der Waals surface area contributed by atoms with Crippen LogP contribution in [0.5, 0.6) is 0 Å². The summed E-state index contributed by atoms with van der Waals surface area (Å²) in [5.74, 6) is -0.328. The van der Waals surface area contributed by atoms with Gasteiger partial charge in [0.15, 0.2) is 0 Å². The largest absolute Gasteiger partial charge is 0.469 e. The van der Waals surface area contributed by atoms with Gasteiger partial charge >= 0.3 is 5.97 Å². The summed E-state index contributed by atoms with van der Waals surface area (Å²) in [6.07, 6.45) is 9.71. The van der Waals surface area contributed by atoms with Gasteiger partial charge in [-0.2, -0.15) is 0 Å². The van der Waals surface area contributed by atoms with E-state index in [2.05, 4.69) is 36.2 Å². The van der Waals surface area contributed by atoms with Crippen LogP contribution in [0.3, 0.4) is 0 Å². The normalized spacial score (nSPS) is 12.9.